The Morgan fingerprint density at radius 3 is 2.48 bits per heavy atom. The van der Waals surface area contributed by atoms with Crippen molar-refractivity contribution in [3.63, 3.8) is 0 Å². The highest BCUT2D eigenvalue weighted by molar-refractivity contribution is 14.1. The first kappa shape index (κ1) is 16.8. The predicted octanol–water partition coefficient (Wildman–Crippen LogP) is 4.47. The third-order valence-electron chi connectivity index (χ3n) is 2.99. The first-order valence-corrected chi connectivity index (χ1v) is 8.42. The number of halogens is 3. The molecule has 0 bridgehead atoms. The van der Waals surface area contributed by atoms with Gasteiger partial charge < -0.3 is 4.98 Å². The number of hydrogen-bond acceptors (Lipinski definition) is 2. The highest BCUT2D eigenvalue weighted by Gasteiger charge is 2.13. The van der Waals surface area contributed by atoms with E-state index in [1.165, 1.54) is 0 Å². The molecule has 0 unspecified atom stereocenters. The lowest BCUT2D eigenvalue weighted by atomic mass is 10.1. The fraction of sp³-hybridized carbons (Fsp3) is 0.333. The zero-order valence-corrected chi connectivity index (χ0v) is 15.4. The van der Waals surface area contributed by atoms with Crippen LogP contribution in [0.3, 0.4) is 0 Å². The predicted molar refractivity (Wildman–Crippen MR) is 95.4 cm³/mol. The van der Waals surface area contributed by atoms with Crippen LogP contribution in [0.15, 0.2) is 23.0 Å². The van der Waals surface area contributed by atoms with Gasteiger partial charge in [-0.15, -0.1) is 0 Å². The number of H-pyrrole nitrogens is 1. The van der Waals surface area contributed by atoms with Crippen molar-refractivity contribution in [2.45, 2.75) is 26.7 Å². The topological polar surface area (TPSA) is 45.8 Å². The second kappa shape index (κ2) is 7.11. The molecule has 3 nitrogen and oxygen atoms in total. The number of benzene rings is 1. The monoisotopic (exact) mass is 436 g/mol. The second-order valence-electron chi connectivity index (χ2n) is 5.25. The van der Waals surface area contributed by atoms with Crippen molar-refractivity contribution in [2.24, 2.45) is 5.92 Å². The molecule has 2 rings (SSSR count). The maximum atomic E-state index is 12.0. The summed E-state index contributed by atoms with van der Waals surface area (Å²) in [6.45, 7) is 4.20. The Kier molecular flexibility index (Phi) is 5.68. The van der Waals surface area contributed by atoms with Crippen LogP contribution in [0.25, 0.3) is 0 Å². The van der Waals surface area contributed by atoms with E-state index in [4.69, 9.17) is 23.2 Å². The van der Waals surface area contributed by atoms with E-state index in [0.29, 0.717) is 31.8 Å². The SMILES string of the molecule is CC(C)Cc1nc(Cc2c(Cl)cccc2Cl)[nH]c(=O)c1I. The number of nitrogens with one attached hydrogen (secondary N) is 1. The van der Waals surface area contributed by atoms with Gasteiger partial charge in [-0.2, -0.15) is 0 Å². The minimum atomic E-state index is -0.112. The van der Waals surface area contributed by atoms with Gasteiger partial charge in [0.15, 0.2) is 0 Å². The third kappa shape index (κ3) is 4.20. The molecule has 1 aromatic heterocycles. The quantitative estimate of drug-likeness (QED) is 0.718. The van der Waals surface area contributed by atoms with Crippen molar-refractivity contribution in [3.05, 3.63) is 59.3 Å². The van der Waals surface area contributed by atoms with Crippen LogP contribution in [0.4, 0.5) is 0 Å². The Morgan fingerprint density at radius 2 is 1.90 bits per heavy atom. The van der Waals surface area contributed by atoms with Gasteiger partial charge >= 0.3 is 0 Å². The smallest absolute Gasteiger partial charge is 0.264 e. The fourth-order valence-electron chi connectivity index (χ4n) is 2.03. The molecule has 0 aliphatic heterocycles. The lowest BCUT2D eigenvalue weighted by Crippen LogP contribution is -2.19. The summed E-state index contributed by atoms with van der Waals surface area (Å²) in [7, 11) is 0. The van der Waals surface area contributed by atoms with Gasteiger partial charge in [-0.1, -0.05) is 43.1 Å². The number of nitrogens with zero attached hydrogens (tertiary/aromatic N) is 1. The normalized spacial score (nSPS) is 11.1. The zero-order valence-electron chi connectivity index (χ0n) is 11.7. The van der Waals surface area contributed by atoms with E-state index in [0.717, 1.165) is 17.7 Å². The van der Waals surface area contributed by atoms with Crippen molar-refractivity contribution in [2.75, 3.05) is 0 Å². The lowest BCUT2D eigenvalue weighted by Gasteiger charge is -2.10. The van der Waals surface area contributed by atoms with Crippen LogP contribution in [0, 0.1) is 9.49 Å². The first-order valence-electron chi connectivity index (χ1n) is 6.59. The molecule has 0 radical (unpaired) electrons. The van der Waals surface area contributed by atoms with E-state index >= 15 is 0 Å². The summed E-state index contributed by atoms with van der Waals surface area (Å²) in [6, 6.07) is 5.35. The minimum absolute atomic E-state index is 0.112. The summed E-state index contributed by atoms with van der Waals surface area (Å²) in [5, 5.41) is 1.16. The molecule has 0 saturated heterocycles. The van der Waals surface area contributed by atoms with Crippen LogP contribution in [0.2, 0.25) is 10.0 Å². The molecule has 21 heavy (non-hydrogen) atoms. The van der Waals surface area contributed by atoms with Crippen LogP contribution in [0.5, 0.6) is 0 Å². The highest BCUT2D eigenvalue weighted by Crippen LogP contribution is 2.26. The van der Waals surface area contributed by atoms with E-state index in [9.17, 15) is 4.79 Å². The Balaban J connectivity index is 2.41. The van der Waals surface area contributed by atoms with Crippen LogP contribution in [0.1, 0.15) is 30.9 Å². The molecule has 0 aliphatic rings. The van der Waals surface area contributed by atoms with Gasteiger partial charge in [-0.25, -0.2) is 4.98 Å². The fourth-order valence-corrected chi connectivity index (χ4v) is 3.04. The Labute approximate surface area is 147 Å². The van der Waals surface area contributed by atoms with Gasteiger partial charge in [0, 0.05) is 16.5 Å². The average Bonchev–Trinajstić information content (AvgIpc) is 2.39. The Morgan fingerprint density at radius 1 is 1.29 bits per heavy atom. The van der Waals surface area contributed by atoms with Crippen molar-refractivity contribution in [1.82, 2.24) is 9.97 Å². The van der Waals surface area contributed by atoms with Crippen LogP contribution in [-0.4, -0.2) is 9.97 Å². The zero-order chi connectivity index (χ0) is 15.6. The van der Waals surface area contributed by atoms with Crippen LogP contribution < -0.4 is 5.56 Å². The first-order chi connectivity index (χ1) is 9.88. The minimum Gasteiger partial charge on any atom is -0.309 e. The van der Waals surface area contributed by atoms with E-state index in [-0.39, 0.29) is 5.56 Å². The van der Waals surface area contributed by atoms with Gasteiger partial charge in [0.2, 0.25) is 0 Å². The summed E-state index contributed by atoms with van der Waals surface area (Å²) in [6.07, 6.45) is 1.18. The summed E-state index contributed by atoms with van der Waals surface area (Å²) >= 11 is 14.4. The molecule has 0 atom stereocenters. The summed E-state index contributed by atoms with van der Waals surface area (Å²) in [5.74, 6) is 1.02. The third-order valence-corrected chi connectivity index (χ3v) is 4.81. The van der Waals surface area contributed by atoms with Crippen molar-refractivity contribution >= 4 is 45.8 Å². The molecular formula is C15H15Cl2IN2O. The highest BCUT2D eigenvalue weighted by atomic mass is 127. The van der Waals surface area contributed by atoms with Gasteiger partial charge in [-0.05, 0) is 52.6 Å². The maximum absolute atomic E-state index is 12.0. The number of rotatable bonds is 4. The Bertz CT molecular complexity index is 693. The molecule has 0 amide bonds. The lowest BCUT2D eigenvalue weighted by molar-refractivity contribution is 0.626. The molecule has 1 aromatic carbocycles. The van der Waals surface area contributed by atoms with Gasteiger partial charge in [0.25, 0.3) is 5.56 Å². The summed E-state index contributed by atoms with van der Waals surface area (Å²) in [4.78, 5) is 19.4. The number of aromatic nitrogens is 2. The Hall–Kier alpha value is -0.590. The van der Waals surface area contributed by atoms with E-state index < -0.39 is 0 Å². The molecule has 6 heteroatoms. The summed E-state index contributed by atoms with van der Waals surface area (Å²) < 4.78 is 0.648. The molecule has 1 N–H and O–H groups in total. The molecule has 0 fully saturated rings. The van der Waals surface area contributed by atoms with Gasteiger partial charge in [-0.3, -0.25) is 4.79 Å². The van der Waals surface area contributed by atoms with Crippen molar-refractivity contribution in [1.29, 1.82) is 0 Å². The maximum Gasteiger partial charge on any atom is 0.264 e. The van der Waals surface area contributed by atoms with E-state index in [1.54, 1.807) is 18.2 Å². The molecule has 2 aromatic rings. The molecule has 0 saturated carbocycles. The van der Waals surface area contributed by atoms with Crippen molar-refractivity contribution in [3.8, 4) is 0 Å². The van der Waals surface area contributed by atoms with E-state index in [2.05, 4.69) is 23.8 Å². The van der Waals surface area contributed by atoms with E-state index in [1.807, 2.05) is 22.6 Å². The molecular weight excluding hydrogens is 422 g/mol. The average molecular weight is 437 g/mol. The van der Waals surface area contributed by atoms with Crippen LogP contribution in [-0.2, 0) is 12.8 Å². The standard InChI is InChI=1S/C15H15Cl2IN2O/c1-8(2)6-12-14(18)15(21)20-13(19-12)7-9-10(16)4-3-5-11(9)17/h3-5,8H,6-7H2,1-2H3,(H,19,20,21). The molecule has 0 spiro atoms. The van der Waals surface area contributed by atoms with Crippen LogP contribution >= 0.6 is 45.8 Å². The van der Waals surface area contributed by atoms with Gasteiger partial charge in [0.05, 0.1) is 9.26 Å². The second-order valence-corrected chi connectivity index (χ2v) is 7.14. The van der Waals surface area contributed by atoms with Gasteiger partial charge in [0.1, 0.15) is 5.82 Å². The summed E-state index contributed by atoms with van der Waals surface area (Å²) in [5.41, 5.74) is 1.49. The molecule has 0 aliphatic carbocycles. The van der Waals surface area contributed by atoms with Crippen molar-refractivity contribution < 1.29 is 0 Å². The largest absolute Gasteiger partial charge is 0.309 e. The number of hydrogen-bond donors (Lipinski definition) is 1. The number of aromatic amines is 1. The molecule has 112 valence electrons. The molecule has 1 heterocycles.